The number of hydrogen-bond acceptors (Lipinski definition) is 3. The predicted molar refractivity (Wildman–Crippen MR) is 76.1 cm³/mol. The van der Waals surface area contributed by atoms with Crippen LogP contribution in [-0.2, 0) is 6.42 Å². The third kappa shape index (κ3) is 1.88. The average Bonchev–Trinajstić information content (AvgIpc) is 2.92. The molecule has 94 valence electrons. The van der Waals surface area contributed by atoms with Crippen molar-refractivity contribution < 1.29 is 0 Å². The zero-order chi connectivity index (χ0) is 12.7. The molecule has 0 spiro atoms. The largest absolute Gasteiger partial charge is 0.323 e. The van der Waals surface area contributed by atoms with Gasteiger partial charge >= 0.3 is 0 Å². The molecule has 1 heterocycles. The van der Waals surface area contributed by atoms with E-state index in [0.29, 0.717) is 5.92 Å². The number of aryl methyl sites for hydroxylation is 2. The van der Waals surface area contributed by atoms with Gasteiger partial charge in [-0.05, 0) is 37.8 Å². The van der Waals surface area contributed by atoms with E-state index < -0.39 is 0 Å². The van der Waals surface area contributed by atoms with Gasteiger partial charge in [0.05, 0.1) is 5.69 Å². The van der Waals surface area contributed by atoms with Gasteiger partial charge in [0, 0.05) is 16.8 Å². The summed E-state index contributed by atoms with van der Waals surface area (Å²) in [5.41, 5.74) is 10.0. The molecule has 2 aromatic rings. The van der Waals surface area contributed by atoms with E-state index in [4.69, 9.17) is 10.7 Å². The molecular formula is C15H18N2S. The van der Waals surface area contributed by atoms with E-state index in [1.807, 2.05) is 6.92 Å². The van der Waals surface area contributed by atoms with E-state index >= 15 is 0 Å². The van der Waals surface area contributed by atoms with Crippen LogP contribution in [0.5, 0.6) is 0 Å². The zero-order valence-corrected chi connectivity index (χ0v) is 11.6. The number of aromatic nitrogens is 1. The van der Waals surface area contributed by atoms with Gasteiger partial charge in [-0.25, -0.2) is 4.98 Å². The van der Waals surface area contributed by atoms with Crippen molar-refractivity contribution in [2.45, 2.75) is 38.6 Å². The Bertz CT molecular complexity index is 572. The van der Waals surface area contributed by atoms with Crippen molar-refractivity contribution in [3.63, 3.8) is 0 Å². The predicted octanol–water partition coefficient (Wildman–Crippen LogP) is 3.55. The van der Waals surface area contributed by atoms with Crippen LogP contribution in [0.25, 0.3) is 0 Å². The summed E-state index contributed by atoms with van der Waals surface area (Å²) in [7, 11) is 0. The maximum absolute atomic E-state index is 5.99. The van der Waals surface area contributed by atoms with Crippen LogP contribution in [-0.4, -0.2) is 4.98 Å². The molecule has 3 heteroatoms. The van der Waals surface area contributed by atoms with Crippen molar-refractivity contribution >= 4 is 11.3 Å². The molecule has 3 rings (SSSR count). The lowest BCUT2D eigenvalue weighted by Gasteiger charge is -2.07. The molecular weight excluding hydrogens is 240 g/mol. The number of benzene rings is 1. The topological polar surface area (TPSA) is 38.9 Å². The van der Waals surface area contributed by atoms with Crippen molar-refractivity contribution in [1.29, 1.82) is 0 Å². The standard InChI is InChI=1S/C15H18N2S/c1-9(16)14-10(2)17-15(18-14)13-8-7-11-5-3-4-6-12(11)13/h3-6,9,13H,7-8,16H2,1-2H3. The first-order valence-electron chi connectivity index (χ1n) is 6.47. The molecule has 0 radical (unpaired) electrons. The molecule has 1 aliphatic rings. The van der Waals surface area contributed by atoms with Crippen LogP contribution < -0.4 is 5.73 Å². The first-order chi connectivity index (χ1) is 8.66. The molecule has 0 saturated heterocycles. The maximum atomic E-state index is 5.99. The second kappa shape index (κ2) is 4.48. The summed E-state index contributed by atoms with van der Waals surface area (Å²) in [5.74, 6) is 0.484. The van der Waals surface area contributed by atoms with E-state index in [0.717, 1.165) is 5.69 Å². The Morgan fingerprint density at radius 3 is 2.89 bits per heavy atom. The summed E-state index contributed by atoms with van der Waals surface area (Å²) in [6.07, 6.45) is 2.36. The summed E-state index contributed by atoms with van der Waals surface area (Å²) >= 11 is 1.79. The summed E-state index contributed by atoms with van der Waals surface area (Å²) in [6, 6.07) is 8.83. The van der Waals surface area contributed by atoms with Crippen molar-refractivity contribution in [1.82, 2.24) is 4.98 Å². The van der Waals surface area contributed by atoms with Gasteiger partial charge in [-0.3, -0.25) is 0 Å². The Kier molecular flexibility index (Phi) is 2.96. The lowest BCUT2D eigenvalue weighted by molar-refractivity contribution is 0.776. The van der Waals surface area contributed by atoms with Crippen LogP contribution in [0.3, 0.4) is 0 Å². The van der Waals surface area contributed by atoms with Gasteiger partial charge in [0.1, 0.15) is 5.01 Å². The molecule has 1 aromatic carbocycles. The minimum atomic E-state index is 0.0906. The summed E-state index contributed by atoms with van der Waals surface area (Å²) in [6.45, 7) is 4.10. The minimum Gasteiger partial charge on any atom is -0.323 e. The fourth-order valence-electron chi connectivity index (χ4n) is 2.81. The lowest BCUT2D eigenvalue weighted by Crippen LogP contribution is -2.03. The Morgan fingerprint density at radius 1 is 1.39 bits per heavy atom. The molecule has 18 heavy (non-hydrogen) atoms. The first-order valence-corrected chi connectivity index (χ1v) is 7.29. The Balaban J connectivity index is 2.00. The van der Waals surface area contributed by atoms with Crippen LogP contribution in [0.15, 0.2) is 24.3 Å². The summed E-state index contributed by atoms with van der Waals surface area (Å²) in [5, 5.41) is 1.24. The van der Waals surface area contributed by atoms with Gasteiger partial charge < -0.3 is 5.73 Å². The number of nitrogens with two attached hydrogens (primary N) is 1. The van der Waals surface area contributed by atoms with Crippen LogP contribution in [0, 0.1) is 6.92 Å². The highest BCUT2D eigenvalue weighted by Gasteiger charge is 2.27. The van der Waals surface area contributed by atoms with Gasteiger partial charge in [-0.2, -0.15) is 0 Å². The van der Waals surface area contributed by atoms with E-state index in [2.05, 4.69) is 31.2 Å². The van der Waals surface area contributed by atoms with Crippen LogP contribution >= 0.6 is 11.3 Å². The van der Waals surface area contributed by atoms with Crippen LogP contribution in [0.2, 0.25) is 0 Å². The highest BCUT2D eigenvalue weighted by molar-refractivity contribution is 7.12. The van der Waals surface area contributed by atoms with E-state index in [-0.39, 0.29) is 6.04 Å². The molecule has 2 N–H and O–H groups in total. The zero-order valence-electron chi connectivity index (χ0n) is 10.8. The smallest absolute Gasteiger partial charge is 0.101 e. The number of rotatable bonds is 2. The minimum absolute atomic E-state index is 0.0906. The van der Waals surface area contributed by atoms with Gasteiger partial charge in [0.15, 0.2) is 0 Å². The lowest BCUT2D eigenvalue weighted by atomic mass is 10.0. The Hall–Kier alpha value is -1.19. The van der Waals surface area contributed by atoms with Gasteiger partial charge in [-0.15, -0.1) is 11.3 Å². The van der Waals surface area contributed by atoms with Crippen molar-refractivity contribution in [2.75, 3.05) is 0 Å². The average molecular weight is 258 g/mol. The molecule has 0 aliphatic heterocycles. The van der Waals surface area contributed by atoms with Crippen molar-refractivity contribution in [3.8, 4) is 0 Å². The van der Waals surface area contributed by atoms with Crippen LogP contribution in [0.4, 0.5) is 0 Å². The number of hydrogen-bond donors (Lipinski definition) is 1. The molecule has 2 unspecified atom stereocenters. The second-order valence-electron chi connectivity index (χ2n) is 5.08. The quantitative estimate of drug-likeness (QED) is 0.894. The molecule has 2 atom stereocenters. The number of thiazole rings is 1. The van der Waals surface area contributed by atoms with E-state index in [9.17, 15) is 0 Å². The fourth-order valence-corrected chi connectivity index (χ4v) is 3.99. The maximum Gasteiger partial charge on any atom is 0.101 e. The second-order valence-corrected chi connectivity index (χ2v) is 6.14. The molecule has 1 aromatic heterocycles. The summed E-state index contributed by atoms with van der Waals surface area (Å²) < 4.78 is 0. The molecule has 0 amide bonds. The molecule has 0 fully saturated rings. The van der Waals surface area contributed by atoms with Crippen molar-refractivity contribution in [2.24, 2.45) is 5.73 Å². The summed E-state index contributed by atoms with van der Waals surface area (Å²) in [4.78, 5) is 5.98. The molecule has 0 saturated carbocycles. The molecule has 1 aliphatic carbocycles. The fraction of sp³-hybridized carbons (Fsp3) is 0.400. The Labute approximate surface area is 112 Å². The SMILES string of the molecule is Cc1nc(C2CCc3ccccc32)sc1C(C)N. The number of nitrogens with zero attached hydrogens (tertiary/aromatic N) is 1. The highest BCUT2D eigenvalue weighted by Crippen LogP contribution is 2.40. The normalized spacial score (nSPS) is 19.8. The third-order valence-corrected chi connectivity index (χ3v) is 5.17. The van der Waals surface area contributed by atoms with E-state index in [1.54, 1.807) is 11.3 Å². The van der Waals surface area contributed by atoms with Gasteiger partial charge in [0.25, 0.3) is 0 Å². The Morgan fingerprint density at radius 2 is 2.17 bits per heavy atom. The highest BCUT2D eigenvalue weighted by atomic mass is 32.1. The molecule has 0 bridgehead atoms. The first kappa shape index (κ1) is 11.9. The molecule has 2 nitrogen and oxygen atoms in total. The monoisotopic (exact) mass is 258 g/mol. The van der Waals surface area contributed by atoms with Crippen LogP contribution in [0.1, 0.15) is 52.0 Å². The van der Waals surface area contributed by atoms with E-state index in [1.165, 1.54) is 33.9 Å². The van der Waals surface area contributed by atoms with Crippen molar-refractivity contribution in [3.05, 3.63) is 51.0 Å². The number of fused-ring (bicyclic) bond motifs is 1. The van der Waals surface area contributed by atoms with Gasteiger partial charge in [0.2, 0.25) is 0 Å². The van der Waals surface area contributed by atoms with Gasteiger partial charge in [-0.1, -0.05) is 24.3 Å². The third-order valence-electron chi connectivity index (χ3n) is 3.69.